The molecule has 1 aliphatic heterocycles. The third kappa shape index (κ3) is 7.18. The summed E-state index contributed by atoms with van der Waals surface area (Å²) in [6.07, 6.45) is 16.9. The van der Waals surface area contributed by atoms with Crippen molar-refractivity contribution in [2.75, 3.05) is 12.4 Å². The van der Waals surface area contributed by atoms with E-state index in [0.29, 0.717) is 12.8 Å². The number of aliphatic hydroxyl groups is 3. The standard InChI is InChI=1S/C22H30O4S/c1-3-17(8-7-16(2)13-23)18-5-4-6-22(10-9-18)27-15-21-12-19(25)11-20(14-24)26-21/h3-5,7-10,13,19-21,23-25H,6,11-12,14-15H2,1-2H3/b8-7-,16-13+,17-3+. The SMILES string of the molecule is C\C=C(/C=C\C(C)=C\O)C1=CC=C(SCC2CC(O)CC(CO)O2)CC=C1. The van der Waals surface area contributed by atoms with Gasteiger partial charge in [-0.2, -0.15) is 0 Å². The number of aliphatic hydroxyl groups excluding tert-OH is 3. The first-order chi connectivity index (χ1) is 13.0. The van der Waals surface area contributed by atoms with Crippen LogP contribution >= 0.6 is 11.8 Å². The van der Waals surface area contributed by atoms with Crippen LogP contribution in [0.3, 0.4) is 0 Å². The summed E-state index contributed by atoms with van der Waals surface area (Å²) < 4.78 is 5.83. The quantitative estimate of drug-likeness (QED) is 0.445. The Morgan fingerprint density at radius 3 is 2.74 bits per heavy atom. The normalized spacial score (nSPS) is 27.5. The van der Waals surface area contributed by atoms with Crippen molar-refractivity contribution in [2.45, 2.75) is 51.4 Å². The molecule has 5 heteroatoms. The second kappa shape index (κ2) is 11.3. The van der Waals surface area contributed by atoms with Crippen molar-refractivity contribution in [1.29, 1.82) is 0 Å². The topological polar surface area (TPSA) is 69.9 Å². The molecular weight excluding hydrogens is 360 g/mol. The Labute approximate surface area is 166 Å². The highest BCUT2D eigenvalue weighted by Gasteiger charge is 2.27. The highest BCUT2D eigenvalue weighted by atomic mass is 32.2. The van der Waals surface area contributed by atoms with E-state index >= 15 is 0 Å². The maximum atomic E-state index is 9.93. The Bertz CT molecular complexity index is 670. The molecule has 2 aliphatic rings. The first kappa shape index (κ1) is 21.8. The monoisotopic (exact) mass is 390 g/mol. The van der Waals surface area contributed by atoms with Crippen molar-refractivity contribution in [3.8, 4) is 0 Å². The lowest BCUT2D eigenvalue weighted by Gasteiger charge is -2.32. The number of rotatable bonds is 7. The fourth-order valence-corrected chi connectivity index (χ4v) is 4.04. The van der Waals surface area contributed by atoms with Crippen molar-refractivity contribution in [3.05, 3.63) is 70.4 Å². The Balaban J connectivity index is 1.98. The lowest BCUT2D eigenvalue weighted by Crippen LogP contribution is -2.38. The van der Waals surface area contributed by atoms with Gasteiger partial charge in [-0.1, -0.05) is 42.5 Å². The van der Waals surface area contributed by atoms with E-state index < -0.39 is 6.10 Å². The summed E-state index contributed by atoms with van der Waals surface area (Å²) in [4.78, 5) is 1.25. The number of allylic oxidation sites excluding steroid dienone is 11. The zero-order valence-electron chi connectivity index (χ0n) is 16.0. The van der Waals surface area contributed by atoms with Crippen molar-refractivity contribution in [3.63, 3.8) is 0 Å². The number of ether oxygens (including phenoxy) is 1. The molecule has 1 heterocycles. The van der Waals surface area contributed by atoms with E-state index in [1.54, 1.807) is 11.8 Å². The maximum absolute atomic E-state index is 9.93. The summed E-state index contributed by atoms with van der Waals surface area (Å²) in [6.45, 7) is 3.81. The molecule has 27 heavy (non-hydrogen) atoms. The zero-order chi connectivity index (χ0) is 19.6. The van der Waals surface area contributed by atoms with Crippen LogP contribution < -0.4 is 0 Å². The number of hydrogen-bond acceptors (Lipinski definition) is 5. The molecule has 3 atom stereocenters. The molecule has 0 saturated carbocycles. The van der Waals surface area contributed by atoms with Gasteiger partial charge in [-0.3, -0.25) is 0 Å². The molecule has 3 N–H and O–H groups in total. The highest BCUT2D eigenvalue weighted by Crippen LogP contribution is 2.29. The third-order valence-corrected chi connectivity index (χ3v) is 5.76. The molecule has 0 aromatic heterocycles. The highest BCUT2D eigenvalue weighted by molar-refractivity contribution is 8.03. The minimum atomic E-state index is -0.392. The summed E-state index contributed by atoms with van der Waals surface area (Å²) in [5.74, 6) is 0.771. The van der Waals surface area contributed by atoms with Gasteiger partial charge in [0.25, 0.3) is 0 Å². The smallest absolute Gasteiger partial charge is 0.0834 e. The molecule has 0 bridgehead atoms. The lowest BCUT2D eigenvalue weighted by molar-refractivity contribution is -0.102. The van der Waals surface area contributed by atoms with Gasteiger partial charge in [0.1, 0.15) is 0 Å². The Kier molecular flexibility index (Phi) is 9.15. The van der Waals surface area contributed by atoms with E-state index in [0.717, 1.165) is 35.2 Å². The van der Waals surface area contributed by atoms with E-state index in [1.165, 1.54) is 4.91 Å². The van der Waals surface area contributed by atoms with E-state index in [-0.39, 0.29) is 18.8 Å². The van der Waals surface area contributed by atoms with Crippen LogP contribution in [-0.2, 0) is 4.74 Å². The van der Waals surface area contributed by atoms with Crippen LogP contribution in [0.1, 0.15) is 33.1 Å². The predicted molar refractivity (Wildman–Crippen MR) is 113 cm³/mol. The number of thioether (sulfide) groups is 1. The van der Waals surface area contributed by atoms with Crippen molar-refractivity contribution >= 4 is 11.8 Å². The summed E-state index contributed by atoms with van der Waals surface area (Å²) in [5.41, 5.74) is 3.02. The Morgan fingerprint density at radius 1 is 1.26 bits per heavy atom. The van der Waals surface area contributed by atoms with Gasteiger partial charge in [-0.05, 0) is 41.9 Å². The van der Waals surface area contributed by atoms with Gasteiger partial charge in [0.15, 0.2) is 0 Å². The molecule has 2 rings (SSSR count). The molecule has 148 valence electrons. The van der Waals surface area contributed by atoms with E-state index in [9.17, 15) is 10.2 Å². The van der Waals surface area contributed by atoms with Gasteiger partial charge < -0.3 is 20.1 Å². The van der Waals surface area contributed by atoms with Crippen LogP contribution in [0.4, 0.5) is 0 Å². The first-order valence-electron chi connectivity index (χ1n) is 9.36. The van der Waals surface area contributed by atoms with Crippen LogP contribution in [-0.4, -0.2) is 46.0 Å². The number of hydrogen-bond donors (Lipinski definition) is 3. The molecule has 0 spiro atoms. The Hall–Kier alpha value is -1.53. The average molecular weight is 391 g/mol. The molecule has 1 aliphatic carbocycles. The minimum Gasteiger partial charge on any atom is -0.515 e. The Morgan fingerprint density at radius 2 is 2.04 bits per heavy atom. The van der Waals surface area contributed by atoms with Crippen LogP contribution in [0, 0.1) is 0 Å². The third-order valence-electron chi connectivity index (χ3n) is 4.55. The van der Waals surface area contributed by atoms with E-state index in [1.807, 2.05) is 26.0 Å². The average Bonchev–Trinajstić information content (AvgIpc) is 2.92. The van der Waals surface area contributed by atoms with Crippen LogP contribution in [0.2, 0.25) is 0 Å². The molecule has 0 radical (unpaired) electrons. The van der Waals surface area contributed by atoms with Crippen molar-refractivity contribution in [1.82, 2.24) is 0 Å². The summed E-state index contributed by atoms with van der Waals surface area (Å²) >= 11 is 1.74. The van der Waals surface area contributed by atoms with Crippen LogP contribution in [0.5, 0.6) is 0 Å². The molecular formula is C22H30O4S. The van der Waals surface area contributed by atoms with Crippen LogP contribution in [0.15, 0.2) is 70.4 Å². The molecule has 4 nitrogen and oxygen atoms in total. The molecule has 0 aromatic rings. The van der Waals surface area contributed by atoms with Gasteiger partial charge in [0.05, 0.1) is 31.2 Å². The summed E-state index contributed by atoms with van der Waals surface area (Å²) in [6, 6.07) is 0. The molecule has 0 amide bonds. The van der Waals surface area contributed by atoms with Gasteiger partial charge in [0, 0.05) is 18.6 Å². The van der Waals surface area contributed by atoms with E-state index in [4.69, 9.17) is 9.84 Å². The minimum absolute atomic E-state index is 0.0326. The largest absolute Gasteiger partial charge is 0.515 e. The molecule has 0 aromatic carbocycles. The molecule has 1 saturated heterocycles. The lowest BCUT2D eigenvalue weighted by atomic mass is 10.0. The van der Waals surface area contributed by atoms with Gasteiger partial charge >= 0.3 is 0 Å². The molecule has 3 unspecified atom stereocenters. The van der Waals surface area contributed by atoms with Crippen molar-refractivity contribution < 1.29 is 20.1 Å². The summed E-state index contributed by atoms with van der Waals surface area (Å²) in [5, 5.41) is 28.2. The predicted octanol–water partition coefficient (Wildman–Crippen LogP) is 4.35. The summed E-state index contributed by atoms with van der Waals surface area (Å²) in [7, 11) is 0. The second-order valence-corrected chi connectivity index (χ2v) is 7.96. The zero-order valence-corrected chi connectivity index (χ0v) is 16.9. The van der Waals surface area contributed by atoms with Gasteiger partial charge in [-0.25, -0.2) is 0 Å². The van der Waals surface area contributed by atoms with Crippen molar-refractivity contribution in [2.24, 2.45) is 0 Å². The fraction of sp³-hybridized carbons (Fsp3) is 0.455. The second-order valence-electron chi connectivity index (χ2n) is 6.81. The van der Waals surface area contributed by atoms with E-state index in [2.05, 4.69) is 30.4 Å². The maximum Gasteiger partial charge on any atom is 0.0834 e. The molecule has 1 fully saturated rings. The van der Waals surface area contributed by atoms with Gasteiger partial charge in [0.2, 0.25) is 0 Å². The van der Waals surface area contributed by atoms with Crippen LogP contribution in [0.25, 0.3) is 0 Å². The van der Waals surface area contributed by atoms with Gasteiger partial charge in [-0.15, -0.1) is 11.8 Å². The first-order valence-corrected chi connectivity index (χ1v) is 10.3. The fourth-order valence-electron chi connectivity index (χ4n) is 3.04.